The van der Waals surface area contributed by atoms with Gasteiger partial charge in [-0.1, -0.05) is 6.07 Å². The van der Waals surface area contributed by atoms with Crippen LogP contribution in [0.4, 0.5) is 5.69 Å². The van der Waals surface area contributed by atoms with Crippen LogP contribution in [0.1, 0.15) is 16.3 Å². The van der Waals surface area contributed by atoms with Crippen molar-refractivity contribution in [1.82, 2.24) is 9.88 Å². The monoisotopic (exact) mass is 285 g/mol. The number of nitrogen functional groups attached to an aromatic ring is 1. The molecule has 0 atom stereocenters. The second-order valence-corrected chi connectivity index (χ2v) is 6.13. The zero-order valence-corrected chi connectivity index (χ0v) is 11.8. The number of para-hydroxylation sites is 1. The van der Waals surface area contributed by atoms with Crippen LogP contribution in [0.3, 0.4) is 0 Å². The van der Waals surface area contributed by atoms with Crippen molar-refractivity contribution < 1.29 is 4.42 Å². The van der Waals surface area contributed by atoms with Crippen LogP contribution in [-0.4, -0.2) is 16.4 Å². The van der Waals surface area contributed by atoms with Crippen LogP contribution in [0.2, 0.25) is 0 Å². The lowest BCUT2D eigenvalue weighted by molar-refractivity contribution is 0.225. The van der Waals surface area contributed by atoms with Crippen LogP contribution < -0.4 is 5.73 Å². The molecule has 20 heavy (non-hydrogen) atoms. The average molecular weight is 285 g/mol. The van der Waals surface area contributed by atoms with Gasteiger partial charge in [0, 0.05) is 18.0 Å². The number of thiophene rings is 1. The predicted octanol–water partition coefficient (Wildman–Crippen LogP) is 3.03. The molecule has 0 aliphatic carbocycles. The molecular formula is C15H15N3OS. The summed E-state index contributed by atoms with van der Waals surface area (Å²) in [5, 5.41) is 2.17. The first-order valence-corrected chi connectivity index (χ1v) is 7.59. The van der Waals surface area contributed by atoms with E-state index in [1.54, 1.807) is 0 Å². The number of rotatable bonds is 2. The van der Waals surface area contributed by atoms with Crippen molar-refractivity contribution in [2.45, 2.75) is 19.5 Å². The van der Waals surface area contributed by atoms with Gasteiger partial charge in [0.05, 0.1) is 12.2 Å². The summed E-state index contributed by atoms with van der Waals surface area (Å²) in [7, 11) is 0. The molecule has 0 saturated carbocycles. The largest absolute Gasteiger partial charge is 0.439 e. The molecule has 4 rings (SSSR count). The number of hydrogen-bond acceptors (Lipinski definition) is 5. The van der Waals surface area contributed by atoms with Gasteiger partial charge in [0.25, 0.3) is 0 Å². The van der Waals surface area contributed by atoms with Gasteiger partial charge >= 0.3 is 0 Å². The summed E-state index contributed by atoms with van der Waals surface area (Å²) in [4.78, 5) is 8.41. The molecule has 0 radical (unpaired) electrons. The van der Waals surface area contributed by atoms with Crippen LogP contribution in [0.5, 0.6) is 0 Å². The summed E-state index contributed by atoms with van der Waals surface area (Å²) in [5.41, 5.74) is 9.58. The molecule has 3 heterocycles. The van der Waals surface area contributed by atoms with Gasteiger partial charge in [-0.05, 0) is 35.6 Å². The number of anilines is 1. The third kappa shape index (κ3) is 1.99. The first-order valence-electron chi connectivity index (χ1n) is 6.71. The van der Waals surface area contributed by atoms with Crippen molar-refractivity contribution in [2.75, 3.05) is 12.3 Å². The normalized spacial score (nSPS) is 15.6. The Bertz CT molecular complexity index is 761. The number of nitrogens with zero attached hydrogens (tertiary/aromatic N) is 2. The first-order chi connectivity index (χ1) is 9.79. The minimum atomic E-state index is 0.677. The highest BCUT2D eigenvalue weighted by Crippen LogP contribution is 2.26. The lowest BCUT2D eigenvalue weighted by Crippen LogP contribution is -2.29. The fraction of sp³-hybridized carbons (Fsp3) is 0.267. The number of aromatic nitrogens is 1. The maximum absolute atomic E-state index is 5.92. The molecular weight excluding hydrogens is 270 g/mol. The topological polar surface area (TPSA) is 55.3 Å². The Labute approximate surface area is 120 Å². The average Bonchev–Trinajstić information content (AvgIpc) is 3.05. The molecule has 0 unspecified atom stereocenters. The van der Waals surface area contributed by atoms with Crippen LogP contribution in [0, 0.1) is 0 Å². The minimum absolute atomic E-state index is 0.677. The zero-order chi connectivity index (χ0) is 13.5. The molecule has 1 aliphatic rings. The third-order valence-corrected chi connectivity index (χ3v) is 4.76. The molecule has 2 N–H and O–H groups in total. The second kappa shape index (κ2) is 4.61. The summed E-state index contributed by atoms with van der Waals surface area (Å²) in [6.07, 6.45) is 1.12. The van der Waals surface area contributed by atoms with Gasteiger partial charge in [0.15, 0.2) is 5.58 Å². The highest BCUT2D eigenvalue weighted by atomic mass is 32.1. The quantitative estimate of drug-likeness (QED) is 0.735. The van der Waals surface area contributed by atoms with E-state index in [0.717, 1.165) is 43.0 Å². The summed E-state index contributed by atoms with van der Waals surface area (Å²) in [6.45, 7) is 2.78. The Hall–Kier alpha value is -1.85. The molecule has 4 nitrogen and oxygen atoms in total. The van der Waals surface area contributed by atoms with Gasteiger partial charge in [-0.3, -0.25) is 4.90 Å². The number of hydrogen-bond donors (Lipinski definition) is 1. The summed E-state index contributed by atoms with van der Waals surface area (Å²) < 4.78 is 5.79. The third-order valence-electron chi connectivity index (χ3n) is 3.74. The van der Waals surface area contributed by atoms with Gasteiger partial charge in [-0.2, -0.15) is 0 Å². The SMILES string of the molecule is Nc1cccc2oc(CN3CCc4sccc4C3)nc12. The van der Waals surface area contributed by atoms with Crippen LogP contribution in [0.25, 0.3) is 11.1 Å². The lowest BCUT2D eigenvalue weighted by Gasteiger charge is -2.25. The molecule has 102 valence electrons. The van der Waals surface area contributed by atoms with Gasteiger partial charge < -0.3 is 10.2 Å². The van der Waals surface area contributed by atoms with E-state index < -0.39 is 0 Å². The van der Waals surface area contributed by atoms with Crippen LogP contribution >= 0.6 is 11.3 Å². The van der Waals surface area contributed by atoms with Gasteiger partial charge in [0.1, 0.15) is 5.52 Å². The maximum Gasteiger partial charge on any atom is 0.209 e. The number of fused-ring (bicyclic) bond motifs is 2. The Kier molecular flexibility index (Phi) is 2.75. The molecule has 2 aromatic heterocycles. The van der Waals surface area contributed by atoms with Crippen LogP contribution in [0.15, 0.2) is 34.1 Å². The number of oxazole rings is 1. The van der Waals surface area contributed by atoms with E-state index >= 15 is 0 Å². The fourth-order valence-electron chi connectivity index (χ4n) is 2.72. The fourth-order valence-corrected chi connectivity index (χ4v) is 3.61. The molecule has 1 aromatic carbocycles. The first kappa shape index (κ1) is 11.9. The summed E-state index contributed by atoms with van der Waals surface area (Å²) in [5.74, 6) is 0.747. The summed E-state index contributed by atoms with van der Waals surface area (Å²) >= 11 is 1.86. The van der Waals surface area contributed by atoms with E-state index in [1.165, 1.54) is 10.4 Å². The molecule has 3 aromatic rings. The Morgan fingerprint density at radius 3 is 3.20 bits per heavy atom. The Morgan fingerprint density at radius 1 is 1.35 bits per heavy atom. The van der Waals surface area contributed by atoms with E-state index in [4.69, 9.17) is 10.2 Å². The van der Waals surface area contributed by atoms with E-state index in [-0.39, 0.29) is 0 Å². The Morgan fingerprint density at radius 2 is 2.30 bits per heavy atom. The van der Waals surface area contributed by atoms with Gasteiger partial charge in [-0.25, -0.2) is 4.98 Å². The molecule has 0 spiro atoms. The zero-order valence-electron chi connectivity index (χ0n) is 11.0. The van der Waals surface area contributed by atoms with Crippen molar-refractivity contribution >= 4 is 28.1 Å². The van der Waals surface area contributed by atoms with Crippen molar-refractivity contribution in [3.8, 4) is 0 Å². The molecule has 0 bridgehead atoms. The number of benzene rings is 1. The summed E-state index contributed by atoms with van der Waals surface area (Å²) in [6, 6.07) is 7.88. The molecule has 0 fully saturated rings. The van der Waals surface area contributed by atoms with E-state index in [2.05, 4.69) is 21.3 Å². The smallest absolute Gasteiger partial charge is 0.209 e. The predicted molar refractivity (Wildman–Crippen MR) is 80.6 cm³/mol. The van der Waals surface area contributed by atoms with Gasteiger partial charge in [-0.15, -0.1) is 11.3 Å². The van der Waals surface area contributed by atoms with Crippen molar-refractivity contribution in [2.24, 2.45) is 0 Å². The molecule has 1 aliphatic heterocycles. The lowest BCUT2D eigenvalue weighted by atomic mass is 10.1. The molecule has 5 heteroatoms. The van der Waals surface area contributed by atoms with Crippen LogP contribution in [-0.2, 0) is 19.5 Å². The van der Waals surface area contributed by atoms with Gasteiger partial charge in [0.2, 0.25) is 5.89 Å². The van der Waals surface area contributed by atoms with Crippen molar-refractivity contribution in [3.05, 3.63) is 46.0 Å². The van der Waals surface area contributed by atoms with Crippen molar-refractivity contribution in [1.29, 1.82) is 0 Å². The second-order valence-electron chi connectivity index (χ2n) is 5.13. The highest BCUT2D eigenvalue weighted by molar-refractivity contribution is 7.10. The maximum atomic E-state index is 5.92. The molecule has 0 amide bonds. The van der Waals surface area contributed by atoms with E-state index in [9.17, 15) is 0 Å². The van der Waals surface area contributed by atoms with Crippen molar-refractivity contribution in [3.63, 3.8) is 0 Å². The Balaban J connectivity index is 1.58. The van der Waals surface area contributed by atoms with E-state index in [1.807, 2.05) is 29.5 Å². The van der Waals surface area contributed by atoms with E-state index in [0.29, 0.717) is 5.69 Å². The minimum Gasteiger partial charge on any atom is -0.439 e. The number of nitrogens with two attached hydrogens (primary N) is 1. The standard InChI is InChI=1S/C15H15N3OS/c16-11-2-1-3-12-15(11)17-14(19-12)9-18-6-4-13-10(8-18)5-7-20-13/h1-3,5,7H,4,6,8-9,16H2. The highest BCUT2D eigenvalue weighted by Gasteiger charge is 2.19. The molecule has 0 saturated heterocycles.